The van der Waals surface area contributed by atoms with Gasteiger partial charge in [-0.25, -0.2) is 0 Å². The Morgan fingerprint density at radius 3 is 2.52 bits per heavy atom. The number of aliphatic carboxylic acids is 1. The van der Waals surface area contributed by atoms with Gasteiger partial charge >= 0.3 is 35.5 Å². The molecule has 0 saturated heterocycles. The quantitative estimate of drug-likeness (QED) is 0.238. The first-order valence-corrected chi connectivity index (χ1v) is 11.0. The van der Waals surface area contributed by atoms with Crippen LogP contribution in [0.25, 0.3) is 0 Å². The molecule has 0 heterocycles. The number of benzene rings is 1. The van der Waals surface area contributed by atoms with Crippen molar-refractivity contribution in [3.8, 4) is 11.5 Å². The summed E-state index contributed by atoms with van der Waals surface area (Å²) in [6.07, 6.45) is 2.92. The Bertz CT molecular complexity index is 736. The normalized spacial score (nSPS) is 17.4. The molecular weight excluding hydrogens is 789 g/mol. The summed E-state index contributed by atoms with van der Waals surface area (Å²) in [4.78, 5) is 11.0. The van der Waals surface area contributed by atoms with Crippen LogP contribution in [0.3, 0.4) is 0 Å². The van der Waals surface area contributed by atoms with Crippen LogP contribution in [0.1, 0.15) is 12.8 Å². The first kappa shape index (κ1) is 24.7. The topological polar surface area (TPSA) is 92.8 Å². The molecule has 0 spiro atoms. The van der Waals surface area contributed by atoms with E-state index < -0.39 is 12.0 Å². The van der Waals surface area contributed by atoms with Crippen LogP contribution in [0.15, 0.2) is 39.2 Å². The van der Waals surface area contributed by atoms with E-state index in [4.69, 9.17) is 15.6 Å². The molecule has 0 amide bonds. The summed E-state index contributed by atoms with van der Waals surface area (Å²) in [5.74, 6) is 0.676. The summed E-state index contributed by atoms with van der Waals surface area (Å²) < 4.78 is 7.36. The van der Waals surface area contributed by atoms with E-state index >= 15 is 0 Å². The predicted molar refractivity (Wildman–Crippen MR) is 133 cm³/mol. The van der Waals surface area contributed by atoms with Gasteiger partial charge in [-0.15, -0.1) is 0 Å². The number of alkyl halides is 2. The van der Waals surface area contributed by atoms with Gasteiger partial charge in [0.1, 0.15) is 24.7 Å². The molecular formula is C15H14I4NNaO4. The second-order valence-electron chi connectivity index (χ2n) is 5.23. The van der Waals surface area contributed by atoms with E-state index in [1.165, 1.54) is 0 Å². The number of phenols is 1. The van der Waals surface area contributed by atoms with Gasteiger partial charge in [-0.05, 0) is 82.3 Å². The zero-order valence-corrected chi connectivity index (χ0v) is 20.7. The summed E-state index contributed by atoms with van der Waals surface area (Å²) in [6.45, 7) is 0. The fraction of sp³-hybridized carbons (Fsp3) is 0.267. The van der Waals surface area contributed by atoms with Crippen LogP contribution < -0.4 is 10.5 Å². The average Bonchev–Trinajstić information content (AvgIpc) is 2.46. The maximum atomic E-state index is 11.0. The van der Waals surface area contributed by atoms with Crippen LogP contribution in [0, 0.1) is 3.57 Å². The van der Waals surface area contributed by atoms with Crippen molar-refractivity contribution in [2.45, 2.75) is 20.3 Å². The molecule has 1 aromatic carbocycles. The summed E-state index contributed by atoms with van der Waals surface area (Å²) in [7, 11) is 0. The Morgan fingerprint density at radius 2 is 2.00 bits per heavy atom. The third-order valence-corrected chi connectivity index (χ3v) is 6.68. The van der Waals surface area contributed by atoms with Crippen molar-refractivity contribution in [1.82, 2.24) is 0 Å². The van der Waals surface area contributed by atoms with Gasteiger partial charge < -0.3 is 20.7 Å². The molecule has 5 nitrogen and oxygen atoms in total. The molecule has 0 unspecified atom stereocenters. The van der Waals surface area contributed by atoms with Gasteiger partial charge in [-0.3, -0.25) is 4.79 Å². The van der Waals surface area contributed by atoms with Crippen LogP contribution >= 0.6 is 90.4 Å². The van der Waals surface area contributed by atoms with E-state index in [9.17, 15) is 9.90 Å². The summed E-state index contributed by atoms with van der Waals surface area (Å²) >= 11 is 8.86. The number of aromatic hydroxyl groups is 1. The molecule has 0 aliphatic heterocycles. The number of ether oxygens (including phenoxy) is 1. The Balaban J connectivity index is 0.00000312. The van der Waals surface area contributed by atoms with E-state index in [0.717, 1.165) is 14.9 Å². The second-order valence-corrected chi connectivity index (χ2v) is 13.3. The first-order valence-electron chi connectivity index (χ1n) is 6.72. The summed E-state index contributed by atoms with van der Waals surface area (Å²) in [5, 5.41) is 18.6. The molecule has 0 saturated carbocycles. The van der Waals surface area contributed by atoms with Gasteiger partial charge in [-0.1, -0.05) is 50.8 Å². The number of rotatable bonds is 5. The van der Waals surface area contributed by atoms with Crippen molar-refractivity contribution in [3.63, 3.8) is 0 Å². The van der Waals surface area contributed by atoms with Crippen molar-refractivity contribution in [2.24, 2.45) is 5.73 Å². The monoisotopic (exact) mass is 803 g/mol. The molecule has 132 valence electrons. The molecule has 1 atom stereocenters. The number of nitrogens with two attached hydrogens (primary N) is 1. The molecule has 1 aromatic rings. The van der Waals surface area contributed by atoms with Crippen molar-refractivity contribution < 1.29 is 19.7 Å². The molecule has 0 fully saturated rings. The van der Waals surface area contributed by atoms with Crippen LogP contribution in [0.2, 0.25) is 0 Å². The molecule has 4 N–H and O–H groups in total. The molecule has 25 heavy (non-hydrogen) atoms. The van der Waals surface area contributed by atoms with E-state index in [2.05, 4.69) is 67.8 Å². The SMILES string of the molecule is N[C@@H](CC1=CC(I)=C(Oc2ccc(O)c(I)c2)C(I)(I)C1)C(=O)O.[NaH]. The molecule has 0 bridgehead atoms. The van der Waals surface area contributed by atoms with Gasteiger partial charge in [0.05, 0.1) is 7.15 Å². The molecule has 10 heteroatoms. The van der Waals surface area contributed by atoms with E-state index in [-0.39, 0.29) is 36.7 Å². The van der Waals surface area contributed by atoms with E-state index in [1.807, 2.05) is 28.7 Å². The average molecular weight is 803 g/mol. The molecule has 0 aromatic heterocycles. The minimum atomic E-state index is -0.997. The number of carbonyl (C=O) groups is 1. The van der Waals surface area contributed by atoms with E-state index in [1.54, 1.807) is 18.2 Å². The van der Waals surface area contributed by atoms with E-state index in [0.29, 0.717) is 22.2 Å². The minimum absolute atomic E-state index is 0. The Kier molecular flexibility index (Phi) is 10.3. The molecule has 2 rings (SSSR count). The van der Waals surface area contributed by atoms with Crippen LogP contribution in [0.5, 0.6) is 11.5 Å². The van der Waals surface area contributed by atoms with Gasteiger partial charge in [0.25, 0.3) is 0 Å². The van der Waals surface area contributed by atoms with Gasteiger partial charge in [0.15, 0.2) is 0 Å². The molecule has 0 radical (unpaired) electrons. The summed E-state index contributed by atoms with van der Waals surface area (Å²) in [6, 6.07) is 4.19. The third-order valence-electron chi connectivity index (χ3n) is 3.27. The standard InChI is InChI=1S/C15H13I4NO4.Na.H/c16-9-5-8(1-2-12(9)21)24-13-10(17)3-7(6-15(13,18)19)4-11(20)14(22)23;;/h1-3,5,11,21H,4,6,20H2,(H,22,23);;/t11-;;/m0../s1. The number of carboxylic acids is 1. The number of allylic oxidation sites excluding steroid dienone is 3. The van der Waals surface area contributed by atoms with Gasteiger partial charge in [0.2, 0.25) is 0 Å². The zero-order chi connectivity index (χ0) is 18.1. The van der Waals surface area contributed by atoms with Gasteiger partial charge in [-0.2, -0.15) is 0 Å². The fourth-order valence-electron chi connectivity index (χ4n) is 2.13. The fourth-order valence-corrected chi connectivity index (χ4v) is 6.44. The van der Waals surface area contributed by atoms with Crippen LogP contribution in [0.4, 0.5) is 0 Å². The third kappa shape index (κ3) is 6.88. The number of hydrogen-bond acceptors (Lipinski definition) is 4. The Labute approximate surface area is 222 Å². The van der Waals surface area contributed by atoms with Crippen molar-refractivity contribution in [2.75, 3.05) is 0 Å². The van der Waals surface area contributed by atoms with Crippen molar-refractivity contribution >= 4 is 126 Å². The van der Waals surface area contributed by atoms with Gasteiger partial charge in [0, 0.05) is 0 Å². The number of hydrogen-bond donors (Lipinski definition) is 3. The maximum absolute atomic E-state index is 11.0. The summed E-state index contributed by atoms with van der Waals surface area (Å²) in [5.41, 5.74) is 6.64. The Hall–Kier alpha value is 1.65. The number of halogens is 4. The second kappa shape index (κ2) is 10.4. The first-order chi connectivity index (χ1) is 11.1. The van der Waals surface area contributed by atoms with Crippen LogP contribution in [-0.2, 0) is 4.79 Å². The van der Waals surface area contributed by atoms with Crippen molar-refractivity contribution in [3.05, 3.63) is 42.8 Å². The number of phenolic OH excluding ortho intramolecular Hbond substituents is 1. The Morgan fingerprint density at radius 1 is 1.36 bits per heavy atom. The van der Waals surface area contributed by atoms with Crippen molar-refractivity contribution in [1.29, 1.82) is 0 Å². The zero-order valence-electron chi connectivity index (χ0n) is 12.1. The number of carboxylic acid groups (broad SMARTS) is 1. The van der Waals surface area contributed by atoms with Crippen LogP contribution in [-0.4, -0.2) is 53.2 Å². The molecule has 1 aliphatic carbocycles. The molecule has 1 aliphatic rings. The predicted octanol–water partition coefficient (Wildman–Crippen LogP) is 4.07.